The molecule has 0 saturated heterocycles. The van der Waals surface area contributed by atoms with E-state index in [2.05, 4.69) is 0 Å². The first kappa shape index (κ1) is 72.0. The van der Waals surface area contributed by atoms with E-state index in [0.29, 0.717) is 0 Å². The molecule has 0 rings (SSSR count). The molecular formula is CH4Ba2CaO7Ti. The quantitative estimate of drug-likeness (QED) is 0.307. The molecule has 0 spiro atoms. The van der Waals surface area contributed by atoms with Gasteiger partial charge < -0.3 is 36.9 Å². The van der Waals surface area contributed by atoms with Crippen LogP contribution in [-0.2, 0) is 21.7 Å². The molecule has 0 amide bonds. The van der Waals surface area contributed by atoms with E-state index in [1.54, 1.807) is 0 Å². The minimum atomic E-state index is -2.33. The Labute approximate surface area is 195 Å². The Morgan fingerprint density at radius 3 is 0.833 bits per heavy atom. The maximum atomic E-state index is 8.33. The van der Waals surface area contributed by atoms with E-state index in [1.165, 1.54) is 0 Å². The van der Waals surface area contributed by atoms with Gasteiger partial charge in [-0.2, -0.15) is 0 Å². The number of carbonyl (C=O) groups is 1. The number of rotatable bonds is 0. The summed E-state index contributed by atoms with van der Waals surface area (Å²) in [4.78, 5) is 8.33. The first-order valence-electron chi connectivity index (χ1n) is 0.612. The van der Waals surface area contributed by atoms with Crippen LogP contribution in [0.5, 0.6) is 0 Å². The van der Waals surface area contributed by atoms with Crippen LogP contribution in [0.25, 0.3) is 0 Å². The zero-order valence-electron chi connectivity index (χ0n) is 6.13. The minimum absolute atomic E-state index is 0. The van der Waals surface area contributed by atoms with E-state index < -0.39 is 6.16 Å². The Morgan fingerprint density at radius 1 is 0.833 bits per heavy atom. The molecule has 60 valence electrons. The van der Waals surface area contributed by atoms with Crippen LogP contribution in [0, 0.1) is 0 Å². The fourth-order valence-electron chi connectivity index (χ4n) is 0. The van der Waals surface area contributed by atoms with Crippen LogP contribution in [0.2, 0.25) is 0 Å². The van der Waals surface area contributed by atoms with Gasteiger partial charge in [0.2, 0.25) is 0 Å². The summed E-state index contributed by atoms with van der Waals surface area (Å²) in [5.74, 6) is 0. The van der Waals surface area contributed by atoms with E-state index in [0.717, 1.165) is 0 Å². The predicted octanol–water partition coefficient (Wildman–Crippen LogP) is -4.30. The van der Waals surface area contributed by atoms with Crippen LogP contribution in [0.3, 0.4) is 0 Å². The van der Waals surface area contributed by atoms with Crippen molar-refractivity contribution in [2.75, 3.05) is 0 Å². The predicted molar refractivity (Wildman–Crippen MR) is 30.4 cm³/mol. The standard InChI is InChI=1S/CH2O3.2Ba.Ca.4H2O.Ti/c2-1(3)4;;;;;;;;/h(H2,2,3,4);;;;4*1H2;/q;3*+2;;;;;/p-6. The van der Waals surface area contributed by atoms with Crippen LogP contribution in [0.1, 0.15) is 0 Å². The second kappa shape index (κ2) is 59.0. The molecule has 0 radical (unpaired) electrons. The van der Waals surface area contributed by atoms with Gasteiger partial charge in [-0.15, -0.1) is 0 Å². The maximum absolute atomic E-state index is 8.33. The molecule has 0 unspecified atom stereocenters. The molecular weight excluding hydrogens is 487 g/mol. The van der Waals surface area contributed by atoms with E-state index in [1.807, 2.05) is 0 Å². The van der Waals surface area contributed by atoms with Crippen molar-refractivity contribution in [2.45, 2.75) is 0 Å². The van der Waals surface area contributed by atoms with E-state index in [4.69, 9.17) is 15.0 Å². The van der Waals surface area contributed by atoms with E-state index >= 15 is 0 Å². The average Bonchev–Trinajstić information content (AvgIpc) is 0.811. The molecule has 0 atom stereocenters. The molecule has 0 aromatic carbocycles. The smallest absolute Gasteiger partial charge is 0.870 e. The summed E-state index contributed by atoms with van der Waals surface area (Å²) >= 11 is 0. The van der Waals surface area contributed by atoms with Crippen molar-refractivity contribution in [1.82, 2.24) is 0 Å². The zero-order chi connectivity index (χ0) is 3.58. The molecule has 0 aliphatic rings. The van der Waals surface area contributed by atoms with Crippen LogP contribution >= 0.6 is 0 Å². The summed E-state index contributed by atoms with van der Waals surface area (Å²) < 4.78 is 0. The molecule has 0 heterocycles. The Kier molecular flexibility index (Phi) is 354. The van der Waals surface area contributed by atoms with Gasteiger partial charge in [-0.3, -0.25) is 0 Å². The first-order valence-corrected chi connectivity index (χ1v) is 0.612. The third-order valence-electron chi connectivity index (χ3n) is 0. The Balaban J connectivity index is -0.00000000161. The monoisotopic (exact) mass is 492 g/mol. The molecule has 0 fully saturated rings. The summed E-state index contributed by atoms with van der Waals surface area (Å²) in [7, 11) is 0. The zero-order valence-corrected chi connectivity index (χ0v) is 18.8. The third kappa shape index (κ3) is 139. The fourth-order valence-corrected chi connectivity index (χ4v) is 0. The van der Waals surface area contributed by atoms with E-state index in [-0.39, 0.29) is 179 Å². The number of hydrogen-bond donors (Lipinski definition) is 0. The number of carboxylic acid groups (broad SMARTS) is 2. The van der Waals surface area contributed by atoms with Gasteiger partial charge in [0.25, 0.3) is 0 Å². The topological polar surface area (TPSA) is 183 Å². The molecule has 0 aromatic rings. The van der Waals surface area contributed by atoms with Gasteiger partial charge in [-0.25, -0.2) is 0 Å². The minimum Gasteiger partial charge on any atom is -0.870 e. The van der Waals surface area contributed by atoms with Crippen LogP contribution < -0.4 is 10.2 Å². The Bertz CT molecular complexity index is 44.4. The van der Waals surface area contributed by atoms with Gasteiger partial charge in [0.05, 0.1) is 0 Å². The molecule has 0 aliphatic carbocycles. The first-order chi connectivity index (χ1) is 1.73. The summed E-state index contributed by atoms with van der Waals surface area (Å²) in [6.07, 6.45) is -2.33. The molecule has 7 nitrogen and oxygen atoms in total. The van der Waals surface area contributed by atoms with Crippen molar-refractivity contribution in [3.8, 4) is 0 Å². The third-order valence-corrected chi connectivity index (χ3v) is 0. The van der Waals surface area contributed by atoms with Gasteiger partial charge in [0, 0.05) is 21.7 Å². The SMILES string of the molecule is O=C([O-])[O-].[Ba+2].[Ba+2].[Ca+2].[OH-].[OH-].[OH-].[OH-].[Ti]. The van der Waals surface area contributed by atoms with Crippen molar-refractivity contribution < 1.29 is 58.6 Å². The van der Waals surface area contributed by atoms with Gasteiger partial charge in [-0.05, 0) is 6.16 Å². The van der Waals surface area contributed by atoms with Gasteiger partial charge in [-0.1, -0.05) is 0 Å². The van der Waals surface area contributed by atoms with Crippen LogP contribution in [-0.4, -0.2) is 164 Å². The Morgan fingerprint density at radius 2 is 0.833 bits per heavy atom. The van der Waals surface area contributed by atoms with Crippen molar-refractivity contribution >= 4 is 142 Å². The average molecular weight is 491 g/mol. The van der Waals surface area contributed by atoms with Gasteiger partial charge in [0.1, 0.15) is 0 Å². The van der Waals surface area contributed by atoms with Crippen LogP contribution in [0.4, 0.5) is 4.79 Å². The maximum Gasteiger partial charge on any atom is 2.00 e. The normalized spacial score (nSPS) is 2.00. The molecule has 0 aliphatic heterocycles. The van der Waals surface area contributed by atoms with Crippen molar-refractivity contribution in [3.63, 3.8) is 0 Å². The number of hydrogen-bond acceptors (Lipinski definition) is 7. The molecule has 0 aromatic heterocycles. The molecule has 0 saturated carbocycles. The van der Waals surface area contributed by atoms with Crippen LogP contribution in [0.15, 0.2) is 0 Å². The van der Waals surface area contributed by atoms with Crippen molar-refractivity contribution in [3.05, 3.63) is 0 Å². The number of carbonyl (C=O) groups excluding carboxylic acids is 1. The van der Waals surface area contributed by atoms with E-state index in [9.17, 15) is 0 Å². The second-order valence-corrected chi connectivity index (χ2v) is 0.250. The molecule has 11 heteroatoms. The second-order valence-electron chi connectivity index (χ2n) is 0.250. The van der Waals surface area contributed by atoms with Crippen molar-refractivity contribution in [2.24, 2.45) is 0 Å². The summed E-state index contributed by atoms with van der Waals surface area (Å²) in [6, 6.07) is 0. The van der Waals surface area contributed by atoms with Gasteiger partial charge >= 0.3 is 136 Å². The van der Waals surface area contributed by atoms with Gasteiger partial charge in [0.15, 0.2) is 0 Å². The summed E-state index contributed by atoms with van der Waals surface area (Å²) in [6.45, 7) is 0. The molecule has 0 bridgehead atoms. The summed E-state index contributed by atoms with van der Waals surface area (Å²) in [5, 5.41) is 16.7. The fraction of sp³-hybridized carbons (Fsp3) is 0. The molecule has 12 heavy (non-hydrogen) atoms. The molecule has 4 N–H and O–H groups in total. The van der Waals surface area contributed by atoms with Crippen molar-refractivity contribution in [1.29, 1.82) is 0 Å². The Hall–Kier alpha value is 4.23. The largest absolute Gasteiger partial charge is 2.00 e. The summed E-state index contributed by atoms with van der Waals surface area (Å²) in [5.41, 5.74) is 0.